The molecule has 122 valence electrons. The standard InChI is InChI=1S/C11H14.4C2H6.CH4/c1-8-7-10-5-3-4-6-11(10)9(8)2;4*1-2;/h3-6,8-9H,7H2,1-2H3;4*1-2H3;1H4/t8-,9-;;;;;/m0...../s1. The Kier molecular flexibility index (Phi) is 28.3. The molecule has 1 aliphatic rings. The molecule has 1 aliphatic carbocycles. The molecule has 0 amide bonds. The molecule has 0 heteroatoms. The Labute approximate surface area is 131 Å². The monoisotopic (exact) mass is 282 g/mol. The van der Waals surface area contributed by atoms with Crippen LogP contribution in [0.25, 0.3) is 0 Å². The second-order valence-corrected chi connectivity index (χ2v) is 3.67. The van der Waals surface area contributed by atoms with Crippen molar-refractivity contribution in [2.75, 3.05) is 0 Å². The third-order valence-electron chi connectivity index (χ3n) is 2.94. The summed E-state index contributed by atoms with van der Waals surface area (Å²) in [6.07, 6.45) is 1.28. The first-order chi connectivity index (χ1) is 9.29. The maximum atomic E-state index is 2.34. The van der Waals surface area contributed by atoms with Crippen LogP contribution in [0.1, 0.15) is 93.7 Å². The molecule has 2 rings (SSSR count). The molecule has 0 nitrogen and oxygen atoms in total. The molecule has 0 unspecified atom stereocenters. The summed E-state index contributed by atoms with van der Waals surface area (Å²) in [4.78, 5) is 0. The van der Waals surface area contributed by atoms with Crippen molar-refractivity contribution in [3.63, 3.8) is 0 Å². The molecular formula is C20H42. The van der Waals surface area contributed by atoms with Crippen LogP contribution in [-0.2, 0) is 6.42 Å². The molecular weight excluding hydrogens is 240 g/mol. The van der Waals surface area contributed by atoms with Crippen molar-refractivity contribution >= 4 is 0 Å². The topological polar surface area (TPSA) is 0 Å². The van der Waals surface area contributed by atoms with Gasteiger partial charge in [0, 0.05) is 0 Å². The van der Waals surface area contributed by atoms with Crippen molar-refractivity contribution in [2.45, 2.75) is 89.0 Å². The minimum Gasteiger partial charge on any atom is -0.0776 e. The third-order valence-corrected chi connectivity index (χ3v) is 2.94. The summed E-state index contributed by atoms with van der Waals surface area (Å²) >= 11 is 0. The highest BCUT2D eigenvalue weighted by molar-refractivity contribution is 5.35. The van der Waals surface area contributed by atoms with Crippen LogP contribution in [0.15, 0.2) is 24.3 Å². The van der Waals surface area contributed by atoms with Gasteiger partial charge in [0.2, 0.25) is 0 Å². The Morgan fingerprint density at radius 3 is 1.55 bits per heavy atom. The van der Waals surface area contributed by atoms with Crippen LogP contribution in [-0.4, -0.2) is 0 Å². The lowest BCUT2D eigenvalue weighted by Crippen LogP contribution is -1.97. The average Bonchev–Trinajstić information content (AvgIpc) is 2.83. The zero-order chi connectivity index (χ0) is 15.8. The lowest BCUT2D eigenvalue weighted by Gasteiger charge is -2.08. The summed E-state index contributed by atoms with van der Waals surface area (Å²) < 4.78 is 0. The van der Waals surface area contributed by atoms with Crippen molar-refractivity contribution in [3.8, 4) is 0 Å². The number of fused-ring (bicyclic) bond motifs is 1. The molecule has 0 fully saturated rings. The fourth-order valence-corrected chi connectivity index (χ4v) is 1.99. The van der Waals surface area contributed by atoms with Crippen LogP contribution in [0.2, 0.25) is 0 Å². The van der Waals surface area contributed by atoms with Crippen molar-refractivity contribution in [1.82, 2.24) is 0 Å². The molecule has 0 bridgehead atoms. The van der Waals surface area contributed by atoms with Gasteiger partial charge in [-0.25, -0.2) is 0 Å². The van der Waals surface area contributed by atoms with E-state index in [9.17, 15) is 0 Å². The summed E-state index contributed by atoms with van der Waals surface area (Å²) in [6, 6.07) is 8.82. The highest BCUT2D eigenvalue weighted by Gasteiger charge is 2.24. The molecule has 0 spiro atoms. The number of hydrogen-bond donors (Lipinski definition) is 0. The molecule has 0 saturated heterocycles. The third kappa shape index (κ3) is 9.18. The smallest absolute Gasteiger partial charge is 0.0159 e. The Hall–Kier alpha value is -0.780. The van der Waals surface area contributed by atoms with Gasteiger partial charge < -0.3 is 0 Å². The van der Waals surface area contributed by atoms with Gasteiger partial charge in [-0.3, -0.25) is 0 Å². The SMILES string of the molecule is C.CC.CC.CC.CC.C[C@@H]1c2ccccc2C[C@@H]1C. The van der Waals surface area contributed by atoms with E-state index in [0.717, 1.165) is 11.8 Å². The molecule has 0 saturated carbocycles. The van der Waals surface area contributed by atoms with Gasteiger partial charge in [-0.1, -0.05) is 101 Å². The first-order valence-electron chi connectivity index (χ1n) is 8.37. The van der Waals surface area contributed by atoms with E-state index >= 15 is 0 Å². The maximum absolute atomic E-state index is 2.34. The van der Waals surface area contributed by atoms with Crippen LogP contribution in [0.3, 0.4) is 0 Å². The Balaban J connectivity index is -0.000000124. The fraction of sp³-hybridized carbons (Fsp3) is 0.700. The molecule has 0 heterocycles. The van der Waals surface area contributed by atoms with Gasteiger partial charge in [-0.2, -0.15) is 0 Å². The van der Waals surface area contributed by atoms with Crippen LogP contribution in [0.4, 0.5) is 0 Å². The molecule has 0 radical (unpaired) electrons. The summed E-state index contributed by atoms with van der Waals surface area (Å²) in [7, 11) is 0. The van der Waals surface area contributed by atoms with Gasteiger partial charge in [0.15, 0.2) is 0 Å². The Morgan fingerprint density at radius 1 is 0.750 bits per heavy atom. The van der Waals surface area contributed by atoms with Crippen molar-refractivity contribution < 1.29 is 0 Å². The Bertz CT molecular complexity index is 262. The van der Waals surface area contributed by atoms with E-state index in [0.29, 0.717) is 0 Å². The normalized spacial score (nSPS) is 16.9. The van der Waals surface area contributed by atoms with E-state index in [1.165, 1.54) is 6.42 Å². The average molecular weight is 283 g/mol. The van der Waals surface area contributed by atoms with Crippen LogP contribution >= 0.6 is 0 Å². The fourth-order valence-electron chi connectivity index (χ4n) is 1.99. The van der Waals surface area contributed by atoms with Crippen molar-refractivity contribution in [2.24, 2.45) is 5.92 Å². The van der Waals surface area contributed by atoms with E-state index in [1.807, 2.05) is 55.4 Å². The van der Waals surface area contributed by atoms with Gasteiger partial charge in [-0.05, 0) is 29.4 Å². The predicted octanol–water partition coefficient (Wildman–Crippen LogP) is 7.72. The maximum Gasteiger partial charge on any atom is -0.0159 e. The molecule has 20 heavy (non-hydrogen) atoms. The second-order valence-electron chi connectivity index (χ2n) is 3.67. The van der Waals surface area contributed by atoms with E-state index in [4.69, 9.17) is 0 Å². The minimum absolute atomic E-state index is 0. The molecule has 1 aromatic carbocycles. The largest absolute Gasteiger partial charge is 0.0776 e. The first kappa shape index (κ1) is 27.5. The quantitative estimate of drug-likeness (QED) is 0.457. The van der Waals surface area contributed by atoms with Crippen LogP contribution in [0.5, 0.6) is 0 Å². The van der Waals surface area contributed by atoms with Crippen LogP contribution < -0.4 is 0 Å². The van der Waals surface area contributed by atoms with E-state index in [2.05, 4.69) is 38.1 Å². The molecule has 0 aliphatic heterocycles. The van der Waals surface area contributed by atoms with Gasteiger partial charge in [0.1, 0.15) is 0 Å². The Morgan fingerprint density at radius 2 is 1.15 bits per heavy atom. The first-order valence-corrected chi connectivity index (χ1v) is 8.37. The zero-order valence-corrected chi connectivity index (χ0v) is 15.2. The molecule has 0 N–H and O–H groups in total. The number of hydrogen-bond acceptors (Lipinski definition) is 0. The number of benzene rings is 1. The highest BCUT2D eigenvalue weighted by atomic mass is 14.3. The van der Waals surface area contributed by atoms with Gasteiger partial charge in [-0.15, -0.1) is 0 Å². The van der Waals surface area contributed by atoms with E-state index < -0.39 is 0 Å². The summed E-state index contributed by atoms with van der Waals surface area (Å²) in [5.74, 6) is 1.61. The lowest BCUT2D eigenvalue weighted by molar-refractivity contribution is 0.532. The highest BCUT2D eigenvalue weighted by Crippen LogP contribution is 2.36. The molecule has 2 atom stereocenters. The summed E-state index contributed by atoms with van der Waals surface area (Å²) in [5, 5.41) is 0. The predicted molar refractivity (Wildman–Crippen MR) is 99.8 cm³/mol. The number of rotatable bonds is 0. The lowest BCUT2D eigenvalue weighted by atomic mass is 9.97. The van der Waals surface area contributed by atoms with Gasteiger partial charge >= 0.3 is 0 Å². The zero-order valence-electron chi connectivity index (χ0n) is 15.2. The van der Waals surface area contributed by atoms with E-state index in [-0.39, 0.29) is 7.43 Å². The summed E-state index contributed by atoms with van der Waals surface area (Å²) in [6.45, 7) is 20.7. The second kappa shape index (κ2) is 20.5. The minimum atomic E-state index is 0. The molecule has 1 aromatic rings. The van der Waals surface area contributed by atoms with Crippen molar-refractivity contribution in [1.29, 1.82) is 0 Å². The van der Waals surface area contributed by atoms with Crippen LogP contribution in [0, 0.1) is 5.92 Å². The van der Waals surface area contributed by atoms with Gasteiger partial charge in [0.05, 0.1) is 0 Å². The van der Waals surface area contributed by atoms with E-state index in [1.54, 1.807) is 11.1 Å². The molecule has 0 aromatic heterocycles. The van der Waals surface area contributed by atoms with Crippen molar-refractivity contribution in [3.05, 3.63) is 35.4 Å². The van der Waals surface area contributed by atoms with Gasteiger partial charge in [0.25, 0.3) is 0 Å². The summed E-state index contributed by atoms with van der Waals surface area (Å²) in [5.41, 5.74) is 3.13.